The van der Waals surface area contributed by atoms with Gasteiger partial charge in [-0.25, -0.2) is 0 Å². The van der Waals surface area contributed by atoms with Gasteiger partial charge in [0.1, 0.15) is 5.56 Å². The highest BCUT2D eigenvalue weighted by Gasteiger charge is 2.25. The summed E-state index contributed by atoms with van der Waals surface area (Å²) in [5, 5.41) is 2.98. The van der Waals surface area contributed by atoms with Crippen LogP contribution in [-0.4, -0.2) is 47.9 Å². The lowest BCUT2D eigenvalue weighted by atomic mass is 10.1. The van der Waals surface area contributed by atoms with Crippen LogP contribution in [0.2, 0.25) is 0 Å². The predicted octanol–water partition coefficient (Wildman–Crippen LogP) is 0.0651. The zero-order chi connectivity index (χ0) is 17.1. The molecule has 2 amide bonds. The van der Waals surface area contributed by atoms with Crippen LogP contribution in [0.15, 0.2) is 35.3 Å². The molecule has 3 rings (SSSR count). The second-order valence-electron chi connectivity index (χ2n) is 5.99. The molecular weight excluding hydrogens is 308 g/mol. The van der Waals surface area contributed by atoms with Crippen LogP contribution in [0.25, 0.3) is 10.9 Å². The second kappa shape index (κ2) is 6.84. The fourth-order valence-corrected chi connectivity index (χ4v) is 2.95. The smallest absolute Gasteiger partial charge is 0.257 e. The van der Waals surface area contributed by atoms with Crippen molar-refractivity contribution >= 4 is 22.7 Å². The molecule has 0 saturated carbocycles. The van der Waals surface area contributed by atoms with Gasteiger partial charge in [0, 0.05) is 30.2 Å². The molecule has 0 aliphatic carbocycles. The lowest BCUT2D eigenvalue weighted by Crippen LogP contribution is -2.40. The highest BCUT2D eigenvalue weighted by Crippen LogP contribution is 2.14. The standard InChI is InChI=1S/C17H20N4O3/c18-7-11-5-6-21(10-11)15(22)9-20-17(24)13-8-19-14-4-2-1-3-12(14)16(13)23/h1-4,8,11H,5-7,9-10,18H2,(H,19,23)(H,20,24). The molecule has 1 saturated heterocycles. The third kappa shape index (κ3) is 3.16. The van der Waals surface area contributed by atoms with Crippen LogP contribution in [0.4, 0.5) is 0 Å². The SMILES string of the molecule is NCC1CCN(C(=O)CNC(=O)c2c[nH]c3ccccc3c2=O)C1. The first-order chi connectivity index (χ1) is 11.6. The van der Waals surface area contributed by atoms with Crippen LogP contribution in [0.1, 0.15) is 16.8 Å². The highest BCUT2D eigenvalue weighted by molar-refractivity contribution is 5.98. The molecule has 1 aromatic carbocycles. The first-order valence-corrected chi connectivity index (χ1v) is 7.96. The van der Waals surface area contributed by atoms with Crippen molar-refractivity contribution in [3.8, 4) is 0 Å². The summed E-state index contributed by atoms with van der Waals surface area (Å²) in [6.07, 6.45) is 2.27. The summed E-state index contributed by atoms with van der Waals surface area (Å²) in [7, 11) is 0. The number of rotatable bonds is 4. The third-order valence-corrected chi connectivity index (χ3v) is 4.41. The molecule has 2 aromatic rings. The average molecular weight is 328 g/mol. The molecule has 0 spiro atoms. The number of hydrogen-bond acceptors (Lipinski definition) is 4. The minimum Gasteiger partial charge on any atom is -0.360 e. The number of amides is 2. The Labute approximate surface area is 138 Å². The summed E-state index contributed by atoms with van der Waals surface area (Å²) < 4.78 is 0. The molecule has 1 unspecified atom stereocenters. The number of nitrogens with two attached hydrogens (primary N) is 1. The summed E-state index contributed by atoms with van der Waals surface area (Å²) >= 11 is 0. The van der Waals surface area contributed by atoms with Crippen molar-refractivity contribution in [2.75, 3.05) is 26.2 Å². The highest BCUT2D eigenvalue weighted by atomic mass is 16.2. The molecule has 4 N–H and O–H groups in total. The van der Waals surface area contributed by atoms with Crippen LogP contribution in [0.5, 0.6) is 0 Å². The van der Waals surface area contributed by atoms with Crippen molar-refractivity contribution in [2.24, 2.45) is 11.7 Å². The van der Waals surface area contributed by atoms with Crippen LogP contribution >= 0.6 is 0 Å². The van der Waals surface area contributed by atoms with E-state index in [1.54, 1.807) is 29.2 Å². The summed E-state index contributed by atoms with van der Waals surface area (Å²) in [5.41, 5.74) is 5.93. The Morgan fingerprint density at radius 3 is 2.88 bits per heavy atom. The molecule has 1 atom stereocenters. The maximum Gasteiger partial charge on any atom is 0.257 e. The number of aromatic amines is 1. The van der Waals surface area contributed by atoms with Gasteiger partial charge in [0.2, 0.25) is 11.3 Å². The number of H-pyrrole nitrogens is 1. The van der Waals surface area contributed by atoms with Gasteiger partial charge < -0.3 is 20.9 Å². The first kappa shape index (κ1) is 16.2. The van der Waals surface area contributed by atoms with E-state index < -0.39 is 5.91 Å². The van der Waals surface area contributed by atoms with E-state index in [9.17, 15) is 14.4 Å². The molecule has 24 heavy (non-hydrogen) atoms. The average Bonchev–Trinajstić information content (AvgIpc) is 3.09. The maximum absolute atomic E-state index is 12.4. The number of carbonyl (C=O) groups excluding carboxylic acids is 2. The van der Waals surface area contributed by atoms with Crippen LogP contribution < -0.4 is 16.5 Å². The van der Waals surface area contributed by atoms with E-state index in [2.05, 4.69) is 10.3 Å². The minimum atomic E-state index is -0.551. The number of benzene rings is 1. The van der Waals surface area contributed by atoms with Gasteiger partial charge in [0.25, 0.3) is 5.91 Å². The predicted molar refractivity (Wildman–Crippen MR) is 90.6 cm³/mol. The van der Waals surface area contributed by atoms with Gasteiger partial charge in [-0.15, -0.1) is 0 Å². The van der Waals surface area contributed by atoms with E-state index in [1.165, 1.54) is 6.20 Å². The maximum atomic E-state index is 12.4. The minimum absolute atomic E-state index is 0.00255. The molecule has 0 bridgehead atoms. The van der Waals surface area contributed by atoms with Crippen LogP contribution in [-0.2, 0) is 4.79 Å². The molecule has 7 nitrogen and oxygen atoms in total. The Balaban J connectivity index is 1.66. The Morgan fingerprint density at radius 1 is 1.33 bits per heavy atom. The van der Waals surface area contributed by atoms with E-state index in [0.717, 1.165) is 6.42 Å². The largest absolute Gasteiger partial charge is 0.360 e. The second-order valence-corrected chi connectivity index (χ2v) is 5.99. The topological polar surface area (TPSA) is 108 Å². The molecule has 0 radical (unpaired) electrons. The zero-order valence-corrected chi connectivity index (χ0v) is 13.2. The summed E-state index contributed by atoms with van der Waals surface area (Å²) in [4.78, 5) is 41.3. The number of nitrogens with zero attached hydrogens (tertiary/aromatic N) is 1. The lowest BCUT2D eigenvalue weighted by Gasteiger charge is -2.16. The van der Waals surface area contributed by atoms with Gasteiger partial charge in [0.15, 0.2) is 0 Å². The van der Waals surface area contributed by atoms with Gasteiger partial charge >= 0.3 is 0 Å². The van der Waals surface area contributed by atoms with Gasteiger partial charge in [-0.2, -0.15) is 0 Å². The fraction of sp³-hybridized carbons (Fsp3) is 0.353. The molecule has 1 aliphatic heterocycles. The van der Waals surface area contributed by atoms with Crippen molar-refractivity contribution in [3.63, 3.8) is 0 Å². The van der Waals surface area contributed by atoms with Crippen molar-refractivity contribution in [1.29, 1.82) is 0 Å². The quantitative estimate of drug-likeness (QED) is 0.738. The summed E-state index contributed by atoms with van der Waals surface area (Å²) in [6, 6.07) is 6.97. The van der Waals surface area contributed by atoms with Gasteiger partial charge in [-0.05, 0) is 31.0 Å². The number of para-hydroxylation sites is 1. The van der Waals surface area contributed by atoms with E-state index in [4.69, 9.17) is 5.73 Å². The molecule has 126 valence electrons. The molecule has 2 heterocycles. The monoisotopic (exact) mass is 328 g/mol. The number of likely N-dealkylation sites (tertiary alicyclic amines) is 1. The van der Waals surface area contributed by atoms with E-state index in [1.807, 2.05) is 0 Å². The summed E-state index contributed by atoms with van der Waals surface area (Å²) in [5.74, 6) is -0.380. The molecule has 1 aliphatic rings. The van der Waals surface area contributed by atoms with Crippen LogP contribution in [0, 0.1) is 5.92 Å². The molecule has 1 fully saturated rings. The number of pyridine rings is 1. The molecule has 7 heteroatoms. The number of carbonyl (C=O) groups is 2. The van der Waals surface area contributed by atoms with E-state index in [-0.39, 0.29) is 23.4 Å². The third-order valence-electron chi connectivity index (χ3n) is 4.41. The van der Waals surface area contributed by atoms with Gasteiger partial charge in [0.05, 0.1) is 6.54 Å². The zero-order valence-electron chi connectivity index (χ0n) is 13.2. The van der Waals surface area contributed by atoms with Gasteiger partial charge in [-0.3, -0.25) is 14.4 Å². The Hall–Kier alpha value is -2.67. The summed E-state index contributed by atoms with van der Waals surface area (Å²) in [6.45, 7) is 1.72. The number of fused-ring (bicyclic) bond motifs is 1. The molecule has 1 aromatic heterocycles. The fourth-order valence-electron chi connectivity index (χ4n) is 2.95. The number of hydrogen-bond donors (Lipinski definition) is 3. The Morgan fingerprint density at radius 2 is 2.12 bits per heavy atom. The van der Waals surface area contributed by atoms with Crippen molar-refractivity contribution in [3.05, 3.63) is 46.2 Å². The lowest BCUT2D eigenvalue weighted by molar-refractivity contribution is -0.129. The van der Waals surface area contributed by atoms with Crippen molar-refractivity contribution in [2.45, 2.75) is 6.42 Å². The van der Waals surface area contributed by atoms with Crippen LogP contribution in [0.3, 0.4) is 0 Å². The van der Waals surface area contributed by atoms with E-state index >= 15 is 0 Å². The normalized spacial score (nSPS) is 17.2. The Bertz CT molecular complexity index is 830. The first-order valence-electron chi connectivity index (χ1n) is 7.96. The number of nitrogens with one attached hydrogen (secondary N) is 2. The molecular formula is C17H20N4O3. The number of aromatic nitrogens is 1. The van der Waals surface area contributed by atoms with E-state index in [0.29, 0.717) is 36.5 Å². The van der Waals surface area contributed by atoms with Gasteiger partial charge in [-0.1, -0.05) is 12.1 Å². The Kier molecular flexibility index (Phi) is 4.61. The van der Waals surface area contributed by atoms with Crippen molar-refractivity contribution < 1.29 is 9.59 Å². The van der Waals surface area contributed by atoms with Crippen molar-refractivity contribution in [1.82, 2.24) is 15.2 Å².